The molecular weight excluding hydrogens is 362 g/mol. The number of rotatable bonds is 5. The van der Waals surface area contributed by atoms with Gasteiger partial charge in [0.05, 0.1) is 29.9 Å². The number of carbonyl (C=O) groups is 1. The van der Waals surface area contributed by atoms with E-state index >= 15 is 0 Å². The molecule has 2 aromatic carbocycles. The first-order chi connectivity index (χ1) is 11.1. The zero-order valence-electron chi connectivity index (χ0n) is 12.0. The molecule has 3 rings (SSSR count). The van der Waals surface area contributed by atoms with Gasteiger partial charge in [-0.3, -0.25) is 5.10 Å². The van der Waals surface area contributed by atoms with Gasteiger partial charge in [-0.2, -0.15) is 5.10 Å². The van der Waals surface area contributed by atoms with Gasteiger partial charge in [-0.05, 0) is 29.8 Å². The van der Waals surface area contributed by atoms with Crippen LogP contribution in [-0.2, 0) is 0 Å². The van der Waals surface area contributed by atoms with Gasteiger partial charge in [0.15, 0.2) is 0 Å². The fourth-order valence-electron chi connectivity index (χ4n) is 2.42. The van der Waals surface area contributed by atoms with Gasteiger partial charge in [0.1, 0.15) is 0 Å². The summed E-state index contributed by atoms with van der Waals surface area (Å²) in [6, 6.07) is 9.91. The number of carboxylic acids is 1. The third-order valence-corrected chi connectivity index (χ3v) is 4.05. The number of fused-ring (bicyclic) bond motifs is 1. The number of hydrogen-bond donors (Lipinski definition) is 4. The second-order valence-corrected chi connectivity index (χ2v) is 6.01. The van der Waals surface area contributed by atoms with Gasteiger partial charge in [0.25, 0.3) is 0 Å². The van der Waals surface area contributed by atoms with Gasteiger partial charge in [-0.1, -0.05) is 28.1 Å². The van der Waals surface area contributed by atoms with Crippen molar-refractivity contribution in [2.45, 2.75) is 6.04 Å². The largest absolute Gasteiger partial charge is 0.478 e. The molecule has 7 heteroatoms. The van der Waals surface area contributed by atoms with Crippen LogP contribution in [0.4, 0.5) is 5.69 Å². The molecule has 6 nitrogen and oxygen atoms in total. The lowest BCUT2D eigenvalue weighted by Gasteiger charge is -2.19. The van der Waals surface area contributed by atoms with Crippen LogP contribution in [0.1, 0.15) is 22.0 Å². The average molecular weight is 376 g/mol. The molecule has 0 amide bonds. The highest BCUT2D eigenvalue weighted by molar-refractivity contribution is 9.10. The number of halogens is 1. The number of aromatic amines is 1. The Morgan fingerprint density at radius 1 is 1.30 bits per heavy atom. The van der Waals surface area contributed by atoms with Crippen LogP contribution < -0.4 is 5.32 Å². The van der Waals surface area contributed by atoms with Crippen LogP contribution >= 0.6 is 15.9 Å². The van der Waals surface area contributed by atoms with Crippen LogP contribution in [0.2, 0.25) is 0 Å². The van der Waals surface area contributed by atoms with E-state index in [4.69, 9.17) is 5.11 Å². The molecule has 0 aliphatic rings. The maximum absolute atomic E-state index is 10.9. The van der Waals surface area contributed by atoms with Crippen molar-refractivity contribution < 1.29 is 15.0 Å². The Labute approximate surface area is 140 Å². The first-order valence-electron chi connectivity index (χ1n) is 6.92. The number of H-pyrrole nitrogens is 1. The Bertz CT molecular complexity index is 845. The van der Waals surface area contributed by atoms with Crippen molar-refractivity contribution in [2.24, 2.45) is 0 Å². The maximum atomic E-state index is 10.9. The molecule has 3 aromatic rings. The van der Waals surface area contributed by atoms with Crippen LogP contribution in [-0.4, -0.2) is 33.0 Å². The lowest BCUT2D eigenvalue weighted by molar-refractivity contribution is 0.0697. The zero-order valence-corrected chi connectivity index (χ0v) is 13.5. The van der Waals surface area contributed by atoms with Crippen LogP contribution in [0.15, 0.2) is 47.1 Å². The first kappa shape index (κ1) is 15.5. The summed E-state index contributed by atoms with van der Waals surface area (Å²) in [4.78, 5) is 10.9. The summed E-state index contributed by atoms with van der Waals surface area (Å²) < 4.78 is 0.884. The molecular formula is C16H14BrN3O3. The van der Waals surface area contributed by atoms with E-state index in [2.05, 4.69) is 31.4 Å². The molecule has 1 atom stereocenters. The number of nitrogens with one attached hydrogen (secondary N) is 2. The molecule has 118 valence electrons. The number of aromatic carboxylic acids is 1. The Balaban J connectivity index is 1.91. The Morgan fingerprint density at radius 2 is 2.04 bits per heavy atom. The number of hydrogen-bond acceptors (Lipinski definition) is 4. The van der Waals surface area contributed by atoms with Crippen molar-refractivity contribution in [1.29, 1.82) is 0 Å². The highest BCUT2D eigenvalue weighted by Gasteiger charge is 2.14. The van der Waals surface area contributed by atoms with Crippen molar-refractivity contribution in [3.63, 3.8) is 0 Å². The summed E-state index contributed by atoms with van der Waals surface area (Å²) in [6.45, 7) is -0.127. The Kier molecular flexibility index (Phi) is 4.31. The Morgan fingerprint density at radius 3 is 2.70 bits per heavy atom. The van der Waals surface area contributed by atoms with Crippen molar-refractivity contribution in [1.82, 2.24) is 10.2 Å². The average Bonchev–Trinajstić information content (AvgIpc) is 3.00. The van der Waals surface area contributed by atoms with E-state index in [0.717, 1.165) is 26.6 Å². The van der Waals surface area contributed by atoms with Crippen molar-refractivity contribution in [2.75, 3.05) is 11.9 Å². The molecule has 0 radical (unpaired) electrons. The number of carboxylic acid groups (broad SMARTS) is 1. The molecule has 1 unspecified atom stereocenters. The monoisotopic (exact) mass is 375 g/mol. The van der Waals surface area contributed by atoms with Gasteiger partial charge in [-0.15, -0.1) is 0 Å². The quantitative estimate of drug-likeness (QED) is 0.548. The van der Waals surface area contributed by atoms with Crippen LogP contribution in [0.3, 0.4) is 0 Å². The van der Waals surface area contributed by atoms with Gasteiger partial charge >= 0.3 is 5.97 Å². The van der Waals surface area contributed by atoms with Crippen LogP contribution in [0.25, 0.3) is 10.9 Å². The molecule has 23 heavy (non-hydrogen) atoms. The number of anilines is 1. The molecule has 0 aliphatic carbocycles. The minimum absolute atomic E-state index is 0.127. The van der Waals surface area contributed by atoms with Crippen molar-refractivity contribution >= 4 is 38.5 Å². The summed E-state index contributed by atoms with van der Waals surface area (Å²) in [5.41, 5.74) is 2.71. The number of aromatic nitrogens is 2. The molecule has 0 aliphatic heterocycles. The molecule has 0 fully saturated rings. The lowest BCUT2D eigenvalue weighted by atomic mass is 10.0. The SMILES string of the molecule is O=C(O)c1ccc(C(CO)Nc2cc(Br)cc3[nH]ncc23)cc1. The minimum atomic E-state index is -0.975. The number of nitrogens with zero attached hydrogens (tertiary/aromatic N) is 1. The van der Waals surface area contributed by atoms with Gasteiger partial charge in [0.2, 0.25) is 0 Å². The molecule has 1 heterocycles. The third-order valence-electron chi connectivity index (χ3n) is 3.60. The summed E-state index contributed by atoms with van der Waals surface area (Å²) in [7, 11) is 0. The van der Waals surface area contributed by atoms with E-state index in [1.54, 1.807) is 18.3 Å². The molecule has 0 bridgehead atoms. The topological polar surface area (TPSA) is 98.2 Å². The predicted molar refractivity (Wildman–Crippen MR) is 90.6 cm³/mol. The van der Waals surface area contributed by atoms with E-state index < -0.39 is 5.97 Å². The Hall–Kier alpha value is -2.38. The standard InChI is InChI=1S/C16H14BrN3O3/c17-11-5-13(12-7-18-20-14(12)6-11)19-15(8-21)9-1-3-10(4-2-9)16(22)23/h1-7,15,19,21H,8H2,(H,18,20)(H,22,23). The third kappa shape index (κ3) is 3.20. The molecule has 0 spiro atoms. The number of aliphatic hydroxyl groups is 1. The summed E-state index contributed by atoms with van der Waals surface area (Å²) >= 11 is 3.45. The van der Waals surface area contributed by atoms with E-state index in [0.29, 0.717) is 0 Å². The molecule has 1 aromatic heterocycles. The summed E-state index contributed by atoms with van der Waals surface area (Å²) in [5.74, 6) is -0.975. The number of aliphatic hydroxyl groups excluding tert-OH is 1. The fourth-order valence-corrected chi connectivity index (χ4v) is 2.87. The van der Waals surface area contributed by atoms with Crippen LogP contribution in [0, 0.1) is 0 Å². The van der Waals surface area contributed by atoms with Gasteiger partial charge in [0, 0.05) is 15.5 Å². The first-order valence-corrected chi connectivity index (χ1v) is 7.71. The zero-order chi connectivity index (χ0) is 16.4. The van der Waals surface area contributed by atoms with E-state index in [9.17, 15) is 9.90 Å². The number of benzene rings is 2. The highest BCUT2D eigenvalue weighted by Crippen LogP contribution is 2.30. The predicted octanol–water partition coefficient (Wildman–Crippen LogP) is 3.17. The molecule has 4 N–H and O–H groups in total. The summed E-state index contributed by atoms with van der Waals surface area (Å²) in [5, 5.41) is 29.8. The van der Waals surface area contributed by atoms with E-state index in [1.807, 2.05) is 12.1 Å². The van der Waals surface area contributed by atoms with Crippen LogP contribution in [0.5, 0.6) is 0 Å². The minimum Gasteiger partial charge on any atom is -0.478 e. The smallest absolute Gasteiger partial charge is 0.335 e. The van der Waals surface area contributed by atoms with Gasteiger partial charge in [-0.25, -0.2) is 4.79 Å². The van der Waals surface area contributed by atoms with Crippen molar-refractivity contribution in [3.05, 3.63) is 58.2 Å². The van der Waals surface area contributed by atoms with Crippen molar-refractivity contribution in [3.8, 4) is 0 Å². The molecule has 0 saturated carbocycles. The second-order valence-electron chi connectivity index (χ2n) is 5.09. The lowest BCUT2D eigenvalue weighted by Crippen LogP contribution is -2.15. The van der Waals surface area contributed by atoms with E-state index in [1.165, 1.54) is 12.1 Å². The normalized spacial score (nSPS) is 12.3. The van der Waals surface area contributed by atoms with E-state index in [-0.39, 0.29) is 18.2 Å². The molecule has 0 saturated heterocycles. The highest BCUT2D eigenvalue weighted by atomic mass is 79.9. The second kappa shape index (κ2) is 6.39. The van der Waals surface area contributed by atoms with Gasteiger partial charge < -0.3 is 15.5 Å². The fraction of sp³-hybridized carbons (Fsp3) is 0.125. The maximum Gasteiger partial charge on any atom is 0.335 e. The summed E-state index contributed by atoms with van der Waals surface area (Å²) in [6.07, 6.45) is 1.71.